The summed E-state index contributed by atoms with van der Waals surface area (Å²) >= 11 is 0. The number of methoxy groups -OCH3 is 1. The minimum absolute atomic E-state index is 0.0469. The van der Waals surface area contributed by atoms with Crippen LogP contribution in [0.4, 0.5) is 0 Å². The third kappa shape index (κ3) is 4.01. The number of hydrogen-bond acceptors (Lipinski definition) is 6. The first-order valence-corrected chi connectivity index (χ1v) is 6.91. The first-order valence-electron chi connectivity index (χ1n) is 6.91. The molecule has 0 aliphatic heterocycles. The van der Waals surface area contributed by atoms with Crippen molar-refractivity contribution >= 4 is 5.78 Å². The van der Waals surface area contributed by atoms with Crippen molar-refractivity contribution in [3.63, 3.8) is 0 Å². The van der Waals surface area contributed by atoms with E-state index in [2.05, 4.69) is 0 Å². The molecule has 0 fully saturated rings. The third-order valence-corrected chi connectivity index (χ3v) is 2.69. The number of phenols is 1. The Labute approximate surface area is 124 Å². The standard InChI is InChI=1S/C15H22O6/c1-5-19-9-11(17)13-10(16)8-12(20-6-2)14(18-4)15(13)21-7-3/h8,16H,5-7,9H2,1-4H3. The molecule has 0 radical (unpaired) electrons. The number of hydrogen-bond donors (Lipinski definition) is 1. The molecular weight excluding hydrogens is 276 g/mol. The number of phenolic OH excluding ortho intramolecular Hbond substituents is 1. The summed E-state index contributed by atoms with van der Waals surface area (Å²) in [6.07, 6.45) is 0. The van der Waals surface area contributed by atoms with Crippen molar-refractivity contribution in [1.82, 2.24) is 0 Å². The zero-order valence-corrected chi connectivity index (χ0v) is 12.9. The fraction of sp³-hybridized carbons (Fsp3) is 0.533. The highest BCUT2D eigenvalue weighted by molar-refractivity contribution is 6.03. The molecule has 6 nitrogen and oxygen atoms in total. The summed E-state index contributed by atoms with van der Waals surface area (Å²) in [5.74, 6) is 0.199. The van der Waals surface area contributed by atoms with Gasteiger partial charge in [-0.3, -0.25) is 4.79 Å². The van der Waals surface area contributed by atoms with E-state index in [1.807, 2.05) is 6.92 Å². The largest absolute Gasteiger partial charge is 0.507 e. The average molecular weight is 298 g/mol. The molecule has 118 valence electrons. The van der Waals surface area contributed by atoms with E-state index >= 15 is 0 Å². The molecule has 0 unspecified atom stereocenters. The molecule has 0 saturated carbocycles. The van der Waals surface area contributed by atoms with Crippen molar-refractivity contribution in [3.8, 4) is 23.0 Å². The lowest BCUT2D eigenvalue weighted by atomic mass is 10.1. The van der Waals surface area contributed by atoms with Gasteiger partial charge in [-0.05, 0) is 20.8 Å². The summed E-state index contributed by atoms with van der Waals surface area (Å²) in [5, 5.41) is 10.1. The van der Waals surface area contributed by atoms with Crippen LogP contribution in [-0.4, -0.2) is 44.4 Å². The summed E-state index contributed by atoms with van der Waals surface area (Å²) in [5.41, 5.74) is 0.0469. The fourth-order valence-electron chi connectivity index (χ4n) is 1.88. The van der Waals surface area contributed by atoms with Crippen molar-refractivity contribution < 1.29 is 28.8 Å². The van der Waals surface area contributed by atoms with E-state index in [1.54, 1.807) is 13.8 Å². The maximum Gasteiger partial charge on any atom is 0.204 e. The zero-order chi connectivity index (χ0) is 15.8. The normalized spacial score (nSPS) is 10.3. The molecule has 6 heteroatoms. The summed E-state index contributed by atoms with van der Waals surface area (Å²) in [4.78, 5) is 12.2. The Morgan fingerprint density at radius 1 is 1.10 bits per heavy atom. The molecule has 0 heterocycles. The minimum Gasteiger partial charge on any atom is -0.507 e. The van der Waals surface area contributed by atoms with E-state index in [1.165, 1.54) is 13.2 Å². The SMILES string of the molecule is CCOCC(=O)c1c(O)cc(OCC)c(OC)c1OCC. The second kappa shape index (κ2) is 8.36. The van der Waals surface area contributed by atoms with Gasteiger partial charge in [0.2, 0.25) is 5.75 Å². The van der Waals surface area contributed by atoms with Crippen LogP contribution in [-0.2, 0) is 4.74 Å². The van der Waals surface area contributed by atoms with Gasteiger partial charge in [-0.1, -0.05) is 0 Å². The predicted molar refractivity (Wildman–Crippen MR) is 77.8 cm³/mol. The molecule has 0 aliphatic rings. The Hall–Kier alpha value is -1.95. The topological polar surface area (TPSA) is 74.2 Å². The Morgan fingerprint density at radius 2 is 1.76 bits per heavy atom. The second-order valence-electron chi connectivity index (χ2n) is 4.06. The van der Waals surface area contributed by atoms with Gasteiger partial charge in [-0.25, -0.2) is 0 Å². The van der Waals surface area contributed by atoms with Crippen LogP contribution in [0.25, 0.3) is 0 Å². The Bertz CT molecular complexity index is 484. The lowest BCUT2D eigenvalue weighted by Gasteiger charge is -2.18. The van der Waals surface area contributed by atoms with Crippen molar-refractivity contribution in [1.29, 1.82) is 0 Å². The highest BCUT2D eigenvalue weighted by Gasteiger charge is 2.25. The molecule has 0 bridgehead atoms. The summed E-state index contributed by atoms with van der Waals surface area (Å²) in [7, 11) is 1.45. The average Bonchev–Trinajstić information content (AvgIpc) is 2.45. The maximum absolute atomic E-state index is 12.2. The van der Waals surface area contributed by atoms with Crippen molar-refractivity contribution in [2.24, 2.45) is 0 Å². The number of aromatic hydroxyl groups is 1. The number of ketones is 1. The molecule has 0 saturated heterocycles. The number of Topliss-reactive ketones (excluding diaryl/α,β-unsaturated/α-hetero) is 1. The van der Waals surface area contributed by atoms with Crippen molar-refractivity contribution in [2.45, 2.75) is 20.8 Å². The summed E-state index contributed by atoms with van der Waals surface area (Å²) < 4.78 is 21.3. The zero-order valence-electron chi connectivity index (χ0n) is 12.9. The fourth-order valence-corrected chi connectivity index (χ4v) is 1.88. The van der Waals surface area contributed by atoms with Crippen LogP contribution >= 0.6 is 0 Å². The van der Waals surface area contributed by atoms with E-state index < -0.39 is 0 Å². The highest BCUT2D eigenvalue weighted by atomic mass is 16.5. The number of benzene rings is 1. The Balaban J connectivity index is 3.36. The molecule has 1 aromatic rings. The molecule has 1 rings (SSSR count). The lowest BCUT2D eigenvalue weighted by molar-refractivity contribution is 0.0776. The van der Waals surface area contributed by atoms with Crippen LogP contribution in [0.2, 0.25) is 0 Å². The lowest BCUT2D eigenvalue weighted by Crippen LogP contribution is -2.13. The Kier molecular flexibility index (Phi) is 6.81. The maximum atomic E-state index is 12.2. The van der Waals surface area contributed by atoms with Crippen LogP contribution in [0.3, 0.4) is 0 Å². The van der Waals surface area contributed by atoms with Gasteiger partial charge in [-0.2, -0.15) is 0 Å². The predicted octanol–water partition coefficient (Wildman–Crippen LogP) is 2.42. The number of ether oxygens (including phenoxy) is 4. The van der Waals surface area contributed by atoms with E-state index in [9.17, 15) is 9.90 Å². The molecule has 0 amide bonds. The quantitative estimate of drug-likeness (QED) is 0.706. The number of carbonyl (C=O) groups excluding carboxylic acids is 1. The summed E-state index contributed by atoms with van der Waals surface area (Å²) in [6.45, 7) is 6.36. The van der Waals surface area contributed by atoms with Crippen LogP contribution < -0.4 is 14.2 Å². The molecular formula is C15H22O6. The van der Waals surface area contributed by atoms with Gasteiger partial charge in [0.05, 0.1) is 20.3 Å². The smallest absolute Gasteiger partial charge is 0.204 e. The van der Waals surface area contributed by atoms with Gasteiger partial charge in [0.1, 0.15) is 17.9 Å². The summed E-state index contributed by atoms with van der Waals surface area (Å²) in [6, 6.07) is 1.35. The van der Waals surface area contributed by atoms with Gasteiger partial charge in [0.25, 0.3) is 0 Å². The van der Waals surface area contributed by atoms with Crippen LogP contribution in [0.15, 0.2) is 6.07 Å². The van der Waals surface area contributed by atoms with Crippen LogP contribution in [0.1, 0.15) is 31.1 Å². The molecule has 21 heavy (non-hydrogen) atoms. The van der Waals surface area contributed by atoms with Gasteiger partial charge in [0.15, 0.2) is 17.3 Å². The molecule has 0 spiro atoms. The van der Waals surface area contributed by atoms with E-state index in [0.717, 1.165) is 0 Å². The van der Waals surface area contributed by atoms with Crippen molar-refractivity contribution in [2.75, 3.05) is 33.5 Å². The van der Waals surface area contributed by atoms with Gasteiger partial charge in [0, 0.05) is 12.7 Å². The van der Waals surface area contributed by atoms with Gasteiger partial charge < -0.3 is 24.1 Å². The molecule has 1 N–H and O–H groups in total. The van der Waals surface area contributed by atoms with Crippen LogP contribution in [0.5, 0.6) is 23.0 Å². The molecule has 0 atom stereocenters. The second-order valence-corrected chi connectivity index (χ2v) is 4.06. The Morgan fingerprint density at radius 3 is 2.29 bits per heavy atom. The van der Waals surface area contributed by atoms with E-state index in [4.69, 9.17) is 18.9 Å². The van der Waals surface area contributed by atoms with E-state index in [0.29, 0.717) is 25.6 Å². The molecule has 0 aromatic heterocycles. The first kappa shape index (κ1) is 17.1. The van der Waals surface area contributed by atoms with Crippen LogP contribution in [0, 0.1) is 0 Å². The van der Waals surface area contributed by atoms with E-state index in [-0.39, 0.29) is 35.2 Å². The number of carbonyl (C=O) groups is 1. The molecule has 1 aromatic carbocycles. The minimum atomic E-state index is -0.376. The first-order chi connectivity index (χ1) is 10.1. The molecule has 0 aliphatic carbocycles. The monoisotopic (exact) mass is 298 g/mol. The highest BCUT2D eigenvalue weighted by Crippen LogP contribution is 2.45. The number of rotatable bonds is 9. The van der Waals surface area contributed by atoms with Crippen molar-refractivity contribution in [3.05, 3.63) is 11.6 Å². The van der Waals surface area contributed by atoms with Gasteiger partial charge >= 0.3 is 0 Å². The third-order valence-electron chi connectivity index (χ3n) is 2.69. The van der Waals surface area contributed by atoms with Gasteiger partial charge in [-0.15, -0.1) is 0 Å².